The van der Waals surface area contributed by atoms with Gasteiger partial charge in [-0.15, -0.1) is 0 Å². The number of fused-ring (bicyclic) bond motifs is 2. The zero-order valence-corrected chi connectivity index (χ0v) is 19.8. The minimum Gasteiger partial charge on any atom is -0.325 e. The molecule has 0 spiro atoms. The largest absolute Gasteiger partial charge is 0.325 e. The standard InChI is InChI=1S/C27H21FN8O/c1-2-3-22(37)32-19-10-16(12-29-14-19)17-11-21-24(35-36-25(21)31-13-17)27-33-23-20(8-9-30-26(23)34-27)15-4-6-18(28)7-5-15/h4-14H,2-3H2,1H3,(H,32,37)(H,30,33,34)(H,31,35,36). The molecular formula is C27H21FN8O. The zero-order chi connectivity index (χ0) is 25.4. The van der Waals surface area contributed by atoms with Gasteiger partial charge >= 0.3 is 0 Å². The maximum absolute atomic E-state index is 13.4. The molecule has 182 valence electrons. The Morgan fingerprint density at radius 1 is 0.973 bits per heavy atom. The van der Waals surface area contributed by atoms with Gasteiger partial charge in [0.15, 0.2) is 17.1 Å². The van der Waals surface area contributed by atoms with Crippen LogP contribution in [-0.2, 0) is 4.79 Å². The Morgan fingerprint density at radius 3 is 2.65 bits per heavy atom. The molecule has 9 nitrogen and oxygen atoms in total. The second-order valence-corrected chi connectivity index (χ2v) is 8.60. The molecule has 5 heterocycles. The van der Waals surface area contributed by atoms with Crippen LogP contribution in [0.4, 0.5) is 10.1 Å². The lowest BCUT2D eigenvalue weighted by molar-refractivity contribution is -0.116. The summed E-state index contributed by atoms with van der Waals surface area (Å²) in [5, 5.41) is 11.1. The third-order valence-electron chi connectivity index (χ3n) is 6.01. The van der Waals surface area contributed by atoms with E-state index in [-0.39, 0.29) is 11.7 Å². The van der Waals surface area contributed by atoms with Crippen molar-refractivity contribution >= 4 is 33.8 Å². The summed E-state index contributed by atoms with van der Waals surface area (Å²) in [4.78, 5) is 33.3. The molecule has 1 amide bonds. The number of carbonyl (C=O) groups excluding carboxylic acids is 1. The average molecular weight is 493 g/mol. The Morgan fingerprint density at radius 2 is 1.81 bits per heavy atom. The number of halogens is 1. The molecule has 0 fully saturated rings. The van der Waals surface area contributed by atoms with Crippen molar-refractivity contribution < 1.29 is 9.18 Å². The smallest absolute Gasteiger partial charge is 0.224 e. The number of pyridine rings is 3. The Labute approximate surface area is 210 Å². The number of hydrogen-bond acceptors (Lipinski definition) is 6. The van der Waals surface area contributed by atoms with Crippen molar-refractivity contribution in [3.8, 4) is 33.8 Å². The third kappa shape index (κ3) is 4.29. The summed E-state index contributed by atoms with van der Waals surface area (Å²) in [5.74, 6) is 0.179. The van der Waals surface area contributed by atoms with Gasteiger partial charge in [-0.3, -0.25) is 14.9 Å². The Hall–Kier alpha value is -4.99. The highest BCUT2D eigenvalue weighted by Crippen LogP contribution is 2.32. The van der Waals surface area contributed by atoms with Crippen LogP contribution in [0.2, 0.25) is 0 Å². The lowest BCUT2D eigenvalue weighted by Crippen LogP contribution is -2.10. The number of amides is 1. The minimum absolute atomic E-state index is 0.0503. The predicted octanol–water partition coefficient (Wildman–Crippen LogP) is 5.50. The highest BCUT2D eigenvalue weighted by atomic mass is 19.1. The van der Waals surface area contributed by atoms with Gasteiger partial charge in [-0.05, 0) is 42.3 Å². The topological polar surface area (TPSA) is 125 Å². The van der Waals surface area contributed by atoms with Crippen LogP contribution in [0.5, 0.6) is 0 Å². The number of hydrogen-bond donors (Lipinski definition) is 3. The van der Waals surface area contributed by atoms with E-state index in [1.54, 1.807) is 36.9 Å². The molecule has 0 saturated heterocycles. The van der Waals surface area contributed by atoms with Crippen molar-refractivity contribution in [3.63, 3.8) is 0 Å². The van der Waals surface area contributed by atoms with Crippen LogP contribution in [0.3, 0.4) is 0 Å². The van der Waals surface area contributed by atoms with Crippen LogP contribution in [0, 0.1) is 5.82 Å². The van der Waals surface area contributed by atoms with Gasteiger partial charge in [0.25, 0.3) is 0 Å². The molecule has 37 heavy (non-hydrogen) atoms. The number of aromatic nitrogens is 7. The highest BCUT2D eigenvalue weighted by molar-refractivity contribution is 5.96. The minimum atomic E-state index is -0.299. The molecule has 6 rings (SSSR count). The van der Waals surface area contributed by atoms with Gasteiger partial charge in [-0.2, -0.15) is 5.10 Å². The summed E-state index contributed by atoms with van der Waals surface area (Å²) in [7, 11) is 0. The van der Waals surface area contributed by atoms with Gasteiger partial charge in [0, 0.05) is 41.7 Å². The Kier molecular flexibility index (Phi) is 5.61. The van der Waals surface area contributed by atoms with E-state index in [0.29, 0.717) is 40.4 Å². The molecule has 0 aliphatic carbocycles. The van der Waals surface area contributed by atoms with Crippen molar-refractivity contribution in [2.75, 3.05) is 5.32 Å². The number of carbonyl (C=O) groups is 1. The maximum atomic E-state index is 13.4. The summed E-state index contributed by atoms with van der Waals surface area (Å²) in [5.41, 5.74) is 6.36. The van der Waals surface area contributed by atoms with Crippen LogP contribution >= 0.6 is 0 Å². The number of nitrogens with one attached hydrogen (secondary N) is 3. The first-order valence-corrected chi connectivity index (χ1v) is 11.8. The third-order valence-corrected chi connectivity index (χ3v) is 6.01. The van der Waals surface area contributed by atoms with E-state index < -0.39 is 0 Å². The molecule has 6 aromatic rings. The molecule has 0 unspecified atom stereocenters. The van der Waals surface area contributed by atoms with Gasteiger partial charge in [0.2, 0.25) is 5.91 Å². The van der Waals surface area contributed by atoms with Crippen molar-refractivity contribution in [1.29, 1.82) is 0 Å². The highest BCUT2D eigenvalue weighted by Gasteiger charge is 2.17. The number of nitrogens with zero attached hydrogens (tertiary/aromatic N) is 5. The molecule has 0 aliphatic heterocycles. The average Bonchev–Trinajstić information content (AvgIpc) is 3.53. The molecular weight excluding hydrogens is 471 g/mol. The second-order valence-electron chi connectivity index (χ2n) is 8.60. The number of imidazole rings is 1. The molecule has 0 bridgehead atoms. The van der Waals surface area contributed by atoms with Gasteiger partial charge < -0.3 is 10.3 Å². The molecule has 10 heteroatoms. The monoisotopic (exact) mass is 492 g/mol. The number of aromatic amines is 2. The second kappa shape index (κ2) is 9.23. The molecule has 0 atom stereocenters. The fraction of sp³-hybridized carbons (Fsp3) is 0.111. The number of H-pyrrole nitrogens is 2. The van der Waals surface area contributed by atoms with Crippen LogP contribution < -0.4 is 5.32 Å². The van der Waals surface area contributed by atoms with Gasteiger partial charge in [0.05, 0.1) is 17.3 Å². The first-order valence-electron chi connectivity index (χ1n) is 11.8. The maximum Gasteiger partial charge on any atom is 0.224 e. The predicted molar refractivity (Wildman–Crippen MR) is 139 cm³/mol. The Bertz CT molecular complexity index is 1760. The van der Waals surface area contributed by atoms with E-state index in [0.717, 1.165) is 34.1 Å². The lowest BCUT2D eigenvalue weighted by atomic mass is 10.1. The van der Waals surface area contributed by atoms with Crippen molar-refractivity contribution in [2.45, 2.75) is 19.8 Å². The Balaban J connectivity index is 1.40. The number of benzene rings is 1. The fourth-order valence-corrected chi connectivity index (χ4v) is 4.24. The fourth-order valence-electron chi connectivity index (χ4n) is 4.24. The van der Waals surface area contributed by atoms with E-state index in [1.807, 2.05) is 25.1 Å². The molecule has 3 N–H and O–H groups in total. The molecule has 5 aromatic heterocycles. The van der Waals surface area contributed by atoms with Gasteiger partial charge in [-0.1, -0.05) is 19.1 Å². The van der Waals surface area contributed by atoms with Crippen LogP contribution in [-0.4, -0.2) is 41.0 Å². The summed E-state index contributed by atoms with van der Waals surface area (Å²) < 4.78 is 13.4. The van der Waals surface area contributed by atoms with Gasteiger partial charge in [-0.25, -0.2) is 19.3 Å². The van der Waals surface area contributed by atoms with E-state index in [1.165, 1.54) is 12.1 Å². The number of rotatable bonds is 6. The first kappa shape index (κ1) is 22.5. The summed E-state index contributed by atoms with van der Waals surface area (Å²) in [6, 6.07) is 11.9. The molecule has 0 saturated carbocycles. The molecule has 0 aliphatic rings. The van der Waals surface area contributed by atoms with Gasteiger partial charge in [0.1, 0.15) is 17.0 Å². The van der Waals surface area contributed by atoms with Crippen molar-refractivity contribution in [3.05, 3.63) is 73.1 Å². The quantitative estimate of drug-likeness (QED) is 0.282. The van der Waals surface area contributed by atoms with E-state index >= 15 is 0 Å². The van der Waals surface area contributed by atoms with Crippen LogP contribution in [0.15, 0.2) is 67.3 Å². The lowest BCUT2D eigenvalue weighted by Gasteiger charge is -2.07. The SMILES string of the molecule is CCCC(=O)Nc1cncc(-c2cnc3[nH]nc(-c4nc5c(-c6ccc(F)cc6)ccnc5[nH]4)c3c2)c1. The molecule has 1 aromatic carbocycles. The van der Waals surface area contributed by atoms with Crippen LogP contribution in [0.25, 0.3) is 56.0 Å². The first-order chi connectivity index (χ1) is 18.1. The van der Waals surface area contributed by atoms with Crippen molar-refractivity contribution in [1.82, 2.24) is 35.1 Å². The summed E-state index contributed by atoms with van der Waals surface area (Å²) in [6.45, 7) is 1.96. The van der Waals surface area contributed by atoms with E-state index in [9.17, 15) is 9.18 Å². The zero-order valence-electron chi connectivity index (χ0n) is 19.8. The normalized spacial score (nSPS) is 11.3. The van der Waals surface area contributed by atoms with E-state index in [4.69, 9.17) is 4.98 Å². The molecule has 0 radical (unpaired) electrons. The number of anilines is 1. The summed E-state index contributed by atoms with van der Waals surface area (Å²) in [6.07, 6.45) is 7.97. The summed E-state index contributed by atoms with van der Waals surface area (Å²) >= 11 is 0. The van der Waals surface area contributed by atoms with Crippen LogP contribution in [0.1, 0.15) is 19.8 Å². The van der Waals surface area contributed by atoms with Crippen molar-refractivity contribution in [2.24, 2.45) is 0 Å². The van der Waals surface area contributed by atoms with E-state index in [2.05, 4.69) is 35.5 Å².